The third-order valence-electron chi connectivity index (χ3n) is 3.64. The SMILES string of the molecule is C[NH2+]Cc1c(OCc2ccccc2)ccc2ccccc12. The zero-order valence-electron chi connectivity index (χ0n) is 12.3. The predicted octanol–water partition coefficient (Wildman–Crippen LogP) is 3.11. The summed E-state index contributed by atoms with van der Waals surface area (Å²) in [6.07, 6.45) is 0. The van der Waals surface area contributed by atoms with Crippen LogP contribution in [0.1, 0.15) is 11.1 Å². The quantitative estimate of drug-likeness (QED) is 0.762. The van der Waals surface area contributed by atoms with Crippen molar-refractivity contribution in [2.24, 2.45) is 0 Å². The molecule has 0 aromatic heterocycles. The molecule has 0 fully saturated rings. The summed E-state index contributed by atoms with van der Waals surface area (Å²) in [4.78, 5) is 0. The van der Waals surface area contributed by atoms with Crippen molar-refractivity contribution in [3.63, 3.8) is 0 Å². The summed E-state index contributed by atoms with van der Waals surface area (Å²) in [6.45, 7) is 1.53. The van der Waals surface area contributed by atoms with Crippen molar-refractivity contribution < 1.29 is 10.1 Å². The first-order chi connectivity index (χ1) is 10.4. The van der Waals surface area contributed by atoms with E-state index in [1.807, 2.05) is 18.2 Å². The van der Waals surface area contributed by atoms with E-state index >= 15 is 0 Å². The van der Waals surface area contributed by atoms with Crippen LogP contribution in [0.3, 0.4) is 0 Å². The lowest BCUT2D eigenvalue weighted by Gasteiger charge is -2.13. The van der Waals surface area contributed by atoms with Gasteiger partial charge in [-0.3, -0.25) is 0 Å². The lowest BCUT2D eigenvalue weighted by molar-refractivity contribution is -0.643. The van der Waals surface area contributed by atoms with Gasteiger partial charge in [-0.25, -0.2) is 0 Å². The Hall–Kier alpha value is -2.32. The molecule has 0 saturated heterocycles. The average molecular weight is 278 g/mol. The van der Waals surface area contributed by atoms with Gasteiger partial charge in [0.1, 0.15) is 18.9 Å². The number of rotatable bonds is 5. The van der Waals surface area contributed by atoms with Crippen LogP contribution in [-0.4, -0.2) is 7.05 Å². The van der Waals surface area contributed by atoms with E-state index in [0.717, 1.165) is 12.3 Å². The summed E-state index contributed by atoms with van der Waals surface area (Å²) < 4.78 is 6.06. The number of hydrogen-bond acceptors (Lipinski definition) is 1. The fourth-order valence-electron chi connectivity index (χ4n) is 2.60. The van der Waals surface area contributed by atoms with Crippen molar-refractivity contribution in [3.05, 3.63) is 77.9 Å². The Labute approximate surface area is 125 Å². The van der Waals surface area contributed by atoms with Gasteiger partial charge in [-0.15, -0.1) is 0 Å². The van der Waals surface area contributed by atoms with E-state index in [1.54, 1.807) is 0 Å². The molecule has 106 valence electrons. The van der Waals surface area contributed by atoms with Gasteiger partial charge in [0.2, 0.25) is 0 Å². The van der Waals surface area contributed by atoms with E-state index in [2.05, 4.69) is 60.9 Å². The van der Waals surface area contributed by atoms with Gasteiger partial charge < -0.3 is 10.1 Å². The van der Waals surface area contributed by atoms with Crippen LogP contribution < -0.4 is 10.1 Å². The maximum Gasteiger partial charge on any atom is 0.129 e. The Balaban J connectivity index is 1.92. The summed E-state index contributed by atoms with van der Waals surface area (Å²) in [6, 6.07) is 23.0. The van der Waals surface area contributed by atoms with Crippen LogP contribution in [0.5, 0.6) is 5.75 Å². The smallest absolute Gasteiger partial charge is 0.129 e. The molecule has 0 unspecified atom stereocenters. The topological polar surface area (TPSA) is 25.8 Å². The number of nitrogens with two attached hydrogens (primary N) is 1. The van der Waals surface area contributed by atoms with E-state index in [0.29, 0.717) is 6.61 Å². The molecule has 2 nitrogen and oxygen atoms in total. The monoisotopic (exact) mass is 278 g/mol. The van der Waals surface area contributed by atoms with E-state index in [9.17, 15) is 0 Å². The highest BCUT2D eigenvalue weighted by molar-refractivity contribution is 5.87. The van der Waals surface area contributed by atoms with Crippen LogP contribution in [0.4, 0.5) is 0 Å². The second-order valence-corrected chi connectivity index (χ2v) is 5.15. The Morgan fingerprint density at radius 3 is 2.43 bits per heavy atom. The molecule has 3 aromatic carbocycles. The minimum atomic E-state index is 0.607. The molecule has 0 aliphatic heterocycles. The first-order valence-corrected chi connectivity index (χ1v) is 7.33. The summed E-state index contributed by atoms with van der Waals surface area (Å²) >= 11 is 0. The molecule has 3 aromatic rings. The molecule has 0 bridgehead atoms. The summed E-state index contributed by atoms with van der Waals surface area (Å²) in [5, 5.41) is 4.72. The third-order valence-corrected chi connectivity index (χ3v) is 3.64. The van der Waals surface area contributed by atoms with Crippen LogP contribution >= 0.6 is 0 Å². The molecule has 2 heteroatoms. The minimum absolute atomic E-state index is 0.607. The predicted molar refractivity (Wildman–Crippen MR) is 86.3 cm³/mol. The van der Waals surface area contributed by atoms with Crippen LogP contribution in [0.2, 0.25) is 0 Å². The molecule has 0 aliphatic rings. The minimum Gasteiger partial charge on any atom is -0.488 e. The molecule has 0 atom stereocenters. The van der Waals surface area contributed by atoms with Crippen molar-refractivity contribution in [2.45, 2.75) is 13.2 Å². The molecule has 0 aliphatic carbocycles. The number of quaternary nitrogens is 1. The van der Waals surface area contributed by atoms with Crippen LogP contribution in [0, 0.1) is 0 Å². The second-order valence-electron chi connectivity index (χ2n) is 5.15. The second kappa shape index (κ2) is 6.42. The van der Waals surface area contributed by atoms with Gasteiger partial charge >= 0.3 is 0 Å². The highest BCUT2D eigenvalue weighted by Crippen LogP contribution is 2.28. The van der Waals surface area contributed by atoms with Gasteiger partial charge in [0.15, 0.2) is 0 Å². The average Bonchev–Trinajstić information content (AvgIpc) is 2.55. The number of hydrogen-bond donors (Lipinski definition) is 1. The summed E-state index contributed by atoms with van der Waals surface area (Å²) in [7, 11) is 2.09. The van der Waals surface area contributed by atoms with Crippen molar-refractivity contribution >= 4 is 10.8 Å². The summed E-state index contributed by atoms with van der Waals surface area (Å²) in [5.41, 5.74) is 2.46. The Bertz CT molecular complexity index is 722. The molecule has 0 saturated carbocycles. The van der Waals surface area contributed by atoms with E-state index in [4.69, 9.17) is 4.74 Å². The van der Waals surface area contributed by atoms with Crippen molar-refractivity contribution in [3.8, 4) is 5.75 Å². The number of fused-ring (bicyclic) bond motifs is 1. The molecule has 21 heavy (non-hydrogen) atoms. The summed E-state index contributed by atoms with van der Waals surface area (Å²) in [5.74, 6) is 0.982. The molecule has 0 radical (unpaired) electrons. The third kappa shape index (κ3) is 3.06. The van der Waals surface area contributed by atoms with Gasteiger partial charge in [0.05, 0.1) is 12.6 Å². The van der Waals surface area contributed by atoms with Crippen LogP contribution in [0.25, 0.3) is 10.8 Å². The van der Waals surface area contributed by atoms with Gasteiger partial charge in [0.25, 0.3) is 0 Å². The first-order valence-electron chi connectivity index (χ1n) is 7.33. The number of ether oxygens (including phenoxy) is 1. The van der Waals surface area contributed by atoms with Crippen LogP contribution in [-0.2, 0) is 13.2 Å². The Morgan fingerprint density at radius 2 is 1.62 bits per heavy atom. The van der Waals surface area contributed by atoms with Crippen molar-refractivity contribution in [2.75, 3.05) is 7.05 Å². The van der Waals surface area contributed by atoms with Crippen molar-refractivity contribution in [1.82, 2.24) is 0 Å². The van der Waals surface area contributed by atoms with E-state index in [-0.39, 0.29) is 0 Å². The van der Waals surface area contributed by atoms with Crippen LogP contribution in [0.15, 0.2) is 66.7 Å². The van der Waals surface area contributed by atoms with Gasteiger partial charge in [-0.2, -0.15) is 0 Å². The fourth-order valence-corrected chi connectivity index (χ4v) is 2.60. The lowest BCUT2D eigenvalue weighted by Crippen LogP contribution is -2.77. The molecule has 2 N–H and O–H groups in total. The lowest BCUT2D eigenvalue weighted by atomic mass is 10.0. The first kappa shape index (κ1) is 13.7. The molecule has 0 amide bonds. The number of benzene rings is 3. The molecule has 0 spiro atoms. The fraction of sp³-hybridized carbons (Fsp3) is 0.158. The highest BCUT2D eigenvalue weighted by Gasteiger charge is 2.09. The molecular weight excluding hydrogens is 258 g/mol. The zero-order chi connectivity index (χ0) is 14.5. The largest absolute Gasteiger partial charge is 0.488 e. The van der Waals surface area contributed by atoms with Gasteiger partial charge in [-0.1, -0.05) is 60.7 Å². The van der Waals surface area contributed by atoms with E-state index in [1.165, 1.54) is 21.9 Å². The highest BCUT2D eigenvalue weighted by atomic mass is 16.5. The maximum atomic E-state index is 6.06. The maximum absolute atomic E-state index is 6.06. The molecule has 0 heterocycles. The van der Waals surface area contributed by atoms with E-state index < -0.39 is 0 Å². The van der Waals surface area contributed by atoms with Crippen molar-refractivity contribution in [1.29, 1.82) is 0 Å². The Morgan fingerprint density at radius 1 is 0.857 bits per heavy atom. The standard InChI is InChI=1S/C19H19NO/c1-20-13-18-17-10-6-5-9-16(17)11-12-19(18)21-14-15-7-3-2-4-8-15/h2-12,20H,13-14H2,1H3/p+1. The Kier molecular flexibility index (Phi) is 4.17. The van der Waals surface area contributed by atoms with Gasteiger partial charge in [-0.05, 0) is 22.4 Å². The zero-order valence-corrected chi connectivity index (χ0v) is 12.3. The molecular formula is C19H20NO+. The van der Waals surface area contributed by atoms with Gasteiger partial charge in [0, 0.05) is 0 Å². The normalized spacial score (nSPS) is 10.7. The molecule has 3 rings (SSSR count).